The number of nitrogens with zero attached hydrogens (tertiary/aromatic N) is 1. The molecule has 148 valence electrons. The van der Waals surface area contributed by atoms with Gasteiger partial charge >= 0.3 is 0 Å². The molecule has 0 fully saturated rings. The number of nitrogens with one attached hydrogen (secondary N) is 1. The van der Waals surface area contributed by atoms with E-state index in [1.54, 1.807) is 0 Å². The maximum atomic E-state index is 4.35. The van der Waals surface area contributed by atoms with Crippen LogP contribution in [-0.4, -0.2) is 18.0 Å². The van der Waals surface area contributed by atoms with Crippen molar-refractivity contribution in [3.63, 3.8) is 0 Å². The molecule has 27 heavy (non-hydrogen) atoms. The summed E-state index contributed by atoms with van der Waals surface area (Å²) < 4.78 is 0. The van der Waals surface area contributed by atoms with Crippen LogP contribution in [0.3, 0.4) is 0 Å². The molecule has 0 bridgehead atoms. The topological polar surface area (TPSA) is 15.3 Å². The smallest absolute Gasteiger partial charge is 0.106 e. The van der Waals surface area contributed by atoms with E-state index in [-0.39, 0.29) is 0 Å². The Bertz CT molecular complexity index is 688. The van der Waals surface area contributed by atoms with Crippen molar-refractivity contribution < 1.29 is 0 Å². The Morgan fingerprint density at radius 1 is 1.15 bits per heavy atom. The quantitative estimate of drug-likeness (QED) is 0.432. The van der Waals surface area contributed by atoms with Gasteiger partial charge in [-0.1, -0.05) is 70.2 Å². The standard InChI is InChI=1S/C25H38N2/c1-9-14-23(15-10-2)26-25(27(8)22(7)19(4)11-3)18-21(6)24-17-13-12-16-20(24)5/h11-13,16-18,23,26H,3,6,9-10,14-15H2,1-2,4-5,7-8H3/b22-19-,25-18-. The molecule has 1 aromatic rings. The van der Waals surface area contributed by atoms with E-state index in [1.165, 1.54) is 48.1 Å². The van der Waals surface area contributed by atoms with Gasteiger partial charge < -0.3 is 10.2 Å². The average molecular weight is 367 g/mol. The van der Waals surface area contributed by atoms with Gasteiger partial charge in [0.15, 0.2) is 0 Å². The molecule has 2 nitrogen and oxygen atoms in total. The van der Waals surface area contributed by atoms with Gasteiger partial charge in [-0.2, -0.15) is 0 Å². The van der Waals surface area contributed by atoms with Crippen molar-refractivity contribution in [3.05, 3.63) is 77.8 Å². The highest BCUT2D eigenvalue weighted by Crippen LogP contribution is 2.22. The maximum Gasteiger partial charge on any atom is 0.106 e. The van der Waals surface area contributed by atoms with Crippen LogP contribution < -0.4 is 5.32 Å². The average Bonchev–Trinajstić information content (AvgIpc) is 2.66. The third-order valence-corrected chi connectivity index (χ3v) is 5.17. The molecule has 0 saturated carbocycles. The summed E-state index contributed by atoms with van der Waals surface area (Å²) in [5.41, 5.74) is 5.82. The molecule has 1 aromatic carbocycles. The van der Waals surface area contributed by atoms with Gasteiger partial charge in [-0.05, 0) is 62.0 Å². The van der Waals surface area contributed by atoms with Crippen LogP contribution in [-0.2, 0) is 0 Å². The number of hydrogen-bond donors (Lipinski definition) is 1. The fourth-order valence-electron chi connectivity index (χ4n) is 3.20. The lowest BCUT2D eigenvalue weighted by Crippen LogP contribution is -2.35. The number of rotatable bonds is 11. The molecule has 0 radical (unpaired) electrons. The monoisotopic (exact) mass is 366 g/mol. The lowest BCUT2D eigenvalue weighted by atomic mass is 10.0. The van der Waals surface area contributed by atoms with E-state index in [1.807, 2.05) is 6.08 Å². The van der Waals surface area contributed by atoms with E-state index >= 15 is 0 Å². The number of aryl methyl sites for hydroxylation is 1. The lowest BCUT2D eigenvalue weighted by Gasteiger charge is -2.30. The van der Waals surface area contributed by atoms with E-state index in [0.717, 1.165) is 11.4 Å². The van der Waals surface area contributed by atoms with Gasteiger partial charge in [0, 0.05) is 18.8 Å². The summed E-state index contributed by atoms with van der Waals surface area (Å²) in [6.07, 6.45) is 8.77. The molecule has 0 heterocycles. The van der Waals surface area contributed by atoms with Gasteiger partial charge in [0.05, 0.1) is 0 Å². The zero-order chi connectivity index (χ0) is 20.4. The van der Waals surface area contributed by atoms with Gasteiger partial charge in [0.25, 0.3) is 0 Å². The summed E-state index contributed by atoms with van der Waals surface area (Å²) in [4.78, 5) is 2.22. The zero-order valence-corrected chi connectivity index (χ0v) is 18.2. The minimum absolute atomic E-state index is 0.468. The third kappa shape index (κ3) is 6.78. The molecule has 0 aliphatic heterocycles. The van der Waals surface area contributed by atoms with Gasteiger partial charge in [0.1, 0.15) is 5.82 Å². The first kappa shape index (κ1) is 22.8. The zero-order valence-electron chi connectivity index (χ0n) is 18.2. The van der Waals surface area contributed by atoms with Crippen molar-refractivity contribution in [2.45, 2.75) is 66.3 Å². The van der Waals surface area contributed by atoms with Crippen LogP contribution in [0.5, 0.6) is 0 Å². The van der Waals surface area contributed by atoms with Gasteiger partial charge in [-0.25, -0.2) is 0 Å². The van der Waals surface area contributed by atoms with Crippen molar-refractivity contribution in [1.82, 2.24) is 10.2 Å². The Morgan fingerprint density at radius 2 is 1.74 bits per heavy atom. The van der Waals surface area contributed by atoms with Gasteiger partial charge in [-0.15, -0.1) is 0 Å². The van der Waals surface area contributed by atoms with Crippen molar-refractivity contribution >= 4 is 5.57 Å². The predicted octanol–water partition coefficient (Wildman–Crippen LogP) is 6.82. The summed E-state index contributed by atoms with van der Waals surface area (Å²) in [5.74, 6) is 1.09. The van der Waals surface area contributed by atoms with Crippen LogP contribution in [0.25, 0.3) is 5.57 Å². The summed E-state index contributed by atoms with van der Waals surface area (Å²) in [6, 6.07) is 8.88. The van der Waals surface area contributed by atoms with Crippen LogP contribution >= 0.6 is 0 Å². The van der Waals surface area contributed by atoms with Crippen LogP contribution in [0.15, 0.2) is 66.7 Å². The Kier molecular flexibility index (Phi) is 9.71. The normalized spacial score (nSPS) is 12.6. The van der Waals surface area contributed by atoms with Crippen LogP contribution in [0.4, 0.5) is 0 Å². The SMILES string of the molecule is C=C/C(C)=C(/C)N(C)/C(=C\C(=C)c1ccccc1C)NC(CCC)CCC. The lowest BCUT2D eigenvalue weighted by molar-refractivity contribution is 0.397. The molecule has 1 rings (SSSR count). The molecule has 0 atom stereocenters. The van der Waals surface area contributed by atoms with Gasteiger partial charge in [-0.3, -0.25) is 0 Å². The second-order valence-corrected chi connectivity index (χ2v) is 7.32. The van der Waals surface area contributed by atoms with Gasteiger partial charge in [0.2, 0.25) is 0 Å². The summed E-state index contributed by atoms with van der Waals surface area (Å²) in [6.45, 7) is 19.1. The molecule has 0 unspecified atom stereocenters. The summed E-state index contributed by atoms with van der Waals surface area (Å²) >= 11 is 0. The van der Waals surface area contributed by atoms with E-state index in [4.69, 9.17) is 0 Å². The summed E-state index contributed by atoms with van der Waals surface area (Å²) in [5, 5.41) is 3.79. The molecule has 0 aromatic heterocycles. The van der Waals surface area contributed by atoms with Crippen molar-refractivity contribution in [2.75, 3.05) is 7.05 Å². The molecule has 0 aliphatic rings. The molecule has 0 saturated heterocycles. The molecule has 0 spiro atoms. The molecular formula is C25H38N2. The molecule has 2 heteroatoms. The highest BCUT2D eigenvalue weighted by molar-refractivity contribution is 5.74. The van der Waals surface area contributed by atoms with E-state index < -0.39 is 0 Å². The van der Waals surface area contributed by atoms with E-state index in [9.17, 15) is 0 Å². The molecule has 1 N–H and O–H groups in total. The fraction of sp³-hybridized carbons (Fsp3) is 0.440. The van der Waals surface area contributed by atoms with Crippen LogP contribution in [0.2, 0.25) is 0 Å². The predicted molar refractivity (Wildman–Crippen MR) is 121 cm³/mol. The molecule has 0 aliphatic carbocycles. The van der Waals surface area contributed by atoms with E-state index in [2.05, 4.69) is 95.4 Å². The Balaban J connectivity index is 3.29. The third-order valence-electron chi connectivity index (χ3n) is 5.17. The van der Waals surface area contributed by atoms with Crippen LogP contribution in [0, 0.1) is 6.92 Å². The largest absolute Gasteiger partial charge is 0.369 e. The molecular weight excluding hydrogens is 328 g/mol. The maximum absolute atomic E-state index is 4.35. The minimum Gasteiger partial charge on any atom is -0.369 e. The summed E-state index contributed by atoms with van der Waals surface area (Å²) in [7, 11) is 2.11. The first-order valence-electron chi connectivity index (χ1n) is 10.1. The highest BCUT2D eigenvalue weighted by atomic mass is 15.2. The Morgan fingerprint density at radius 3 is 2.26 bits per heavy atom. The number of allylic oxidation sites excluding steroid dienone is 5. The van der Waals surface area contributed by atoms with Crippen molar-refractivity contribution in [3.8, 4) is 0 Å². The first-order valence-corrected chi connectivity index (χ1v) is 10.1. The van der Waals surface area contributed by atoms with Crippen molar-refractivity contribution in [2.24, 2.45) is 0 Å². The van der Waals surface area contributed by atoms with E-state index in [0.29, 0.717) is 6.04 Å². The second-order valence-electron chi connectivity index (χ2n) is 7.32. The Labute approximate surface area is 167 Å². The highest BCUT2D eigenvalue weighted by Gasteiger charge is 2.14. The Hall–Kier alpha value is -2.22. The minimum atomic E-state index is 0.468. The molecule has 0 amide bonds. The number of benzene rings is 1. The van der Waals surface area contributed by atoms with Crippen molar-refractivity contribution in [1.29, 1.82) is 0 Å². The first-order chi connectivity index (χ1) is 12.8. The number of hydrogen-bond acceptors (Lipinski definition) is 2. The fourth-order valence-corrected chi connectivity index (χ4v) is 3.20. The second kappa shape index (κ2) is 11.5. The van der Waals surface area contributed by atoms with Crippen LogP contribution in [0.1, 0.15) is 64.5 Å².